The fourth-order valence-electron chi connectivity index (χ4n) is 1.80. The maximum atomic E-state index is 6.24. The third kappa shape index (κ3) is 5.19. The lowest BCUT2D eigenvalue weighted by Crippen LogP contribution is -2.41. The van der Waals surface area contributed by atoms with Crippen LogP contribution < -0.4 is 0 Å². The molecule has 0 aromatic carbocycles. The van der Waals surface area contributed by atoms with Crippen LogP contribution >= 0.6 is 11.6 Å². The molecule has 3 heteroatoms. The van der Waals surface area contributed by atoms with Crippen molar-refractivity contribution in [3.63, 3.8) is 0 Å². The molecule has 0 aromatic rings. The summed E-state index contributed by atoms with van der Waals surface area (Å²) in [6.07, 6.45) is 1.22. The van der Waals surface area contributed by atoms with Crippen molar-refractivity contribution in [2.24, 2.45) is 11.8 Å². The molecule has 90 valence electrons. The number of nitrogens with zero attached hydrogens (tertiary/aromatic N) is 1. The van der Waals surface area contributed by atoms with Crippen LogP contribution in [-0.2, 0) is 4.74 Å². The van der Waals surface area contributed by atoms with Crippen molar-refractivity contribution in [1.29, 1.82) is 0 Å². The minimum Gasteiger partial charge on any atom is -0.380 e. The number of piperidine rings is 1. The predicted octanol–water partition coefficient (Wildman–Crippen LogP) is 2.61. The monoisotopic (exact) mass is 233 g/mol. The van der Waals surface area contributed by atoms with Crippen LogP contribution in [0.1, 0.15) is 27.2 Å². The van der Waals surface area contributed by atoms with Gasteiger partial charge in [-0.05, 0) is 24.8 Å². The lowest BCUT2D eigenvalue weighted by atomic mass is 9.99. The van der Waals surface area contributed by atoms with Crippen LogP contribution in [0.2, 0.25) is 0 Å². The van der Waals surface area contributed by atoms with Gasteiger partial charge in [-0.25, -0.2) is 0 Å². The van der Waals surface area contributed by atoms with E-state index in [0.29, 0.717) is 17.2 Å². The molecule has 0 bridgehead atoms. The molecule has 1 aliphatic heterocycles. The second kappa shape index (κ2) is 6.72. The first-order chi connectivity index (χ1) is 7.09. The molecule has 0 saturated carbocycles. The molecule has 0 amide bonds. The fraction of sp³-hybridized carbons (Fsp3) is 1.00. The number of hydrogen-bond donors (Lipinski definition) is 0. The second-order valence-corrected chi connectivity index (χ2v) is 5.61. The zero-order valence-corrected chi connectivity index (χ0v) is 11.0. The summed E-state index contributed by atoms with van der Waals surface area (Å²) >= 11 is 6.24. The van der Waals surface area contributed by atoms with E-state index in [1.165, 1.54) is 13.0 Å². The molecule has 2 unspecified atom stereocenters. The zero-order valence-electron chi connectivity index (χ0n) is 10.2. The summed E-state index contributed by atoms with van der Waals surface area (Å²) in [7, 11) is 0. The first kappa shape index (κ1) is 13.3. The first-order valence-electron chi connectivity index (χ1n) is 6.03. The fourth-order valence-corrected chi connectivity index (χ4v) is 2.12. The highest BCUT2D eigenvalue weighted by molar-refractivity contribution is 6.21. The van der Waals surface area contributed by atoms with Crippen LogP contribution in [0, 0.1) is 11.8 Å². The molecule has 1 heterocycles. The Morgan fingerprint density at radius 1 is 1.47 bits per heavy atom. The molecule has 0 aromatic heterocycles. The molecule has 1 aliphatic rings. The van der Waals surface area contributed by atoms with Crippen LogP contribution in [0.25, 0.3) is 0 Å². The second-order valence-electron chi connectivity index (χ2n) is 5.05. The van der Waals surface area contributed by atoms with E-state index in [1.807, 2.05) is 0 Å². The number of halogens is 1. The maximum absolute atomic E-state index is 6.24. The number of alkyl halides is 1. The van der Waals surface area contributed by atoms with Crippen molar-refractivity contribution in [1.82, 2.24) is 4.90 Å². The highest BCUT2D eigenvalue weighted by Gasteiger charge is 2.23. The highest BCUT2D eigenvalue weighted by Crippen LogP contribution is 2.21. The predicted molar refractivity (Wildman–Crippen MR) is 65.5 cm³/mol. The first-order valence-corrected chi connectivity index (χ1v) is 6.47. The van der Waals surface area contributed by atoms with Crippen molar-refractivity contribution in [3.05, 3.63) is 0 Å². The van der Waals surface area contributed by atoms with Gasteiger partial charge in [0.25, 0.3) is 0 Å². The van der Waals surface area contributed by atoms with Gasteiger partial charge in [0.05, 0.1) is 6.61 Å². The van der Waals surface area contributed by atoms with Gasteiger partial charge in [0.1, 0.15) is 0 Å². The summed E-state index contributed by atoms with van der Waals surface area (Å²) < 4.78 is 5.58. The van der Waals surface area contributed by atoms with Crippen molar-refractivity contribution in [2.45, 2.75) is 32.6 Å². The van der Waals surface area contributed by atoms with E-state index < -0.39 is 0 Å². The van der Waals surface area contributed by atoms with Crippen molar-refractivity contribution in [2.75, 3.05) is 32.8 Å². The Labute approximate surface area is 98.9 Å². The number of ether oxygens (including phenoxy) is 1. The van der Waals surface area contributed by atoms with Gasteiger partial charge in [-0.2, -0.15) is 0 Å². The molecule has 1 saturated heterocycles. The summed E-state index contributed by atoms with van der Waals surface area (Å²) in [4.78, 5) is 2.41. The average Bonchev–Trinajstić information content (AvgIpc) is 2.18. The number of likely N-dealkylation sites (tertiary alicyclic amines) is 1. The summed E-state index contributed by atoms with van der Waals surface area (Å²) in [5.74, 6) is 1.30. The van der Waals surface area contributed by atoms with Crippen LogP contribution in [-0.4, -0.2) is 43.1 Å². The number of rotatable bonds is 5. The van der Waals surface area contributed by atoms with Gasteiger partial charge < -0.3 is 4.74 Å². The molecular formula is C12H24ClNO. The molecular weight excluding hydrogens is 210 g/mol. The van der Waals surface area contributed by atoms with Gasteiger partial charge >= 0.3 is 0 Å². The third-order valence-corrected chi connectivity index (χ3v) is 3.52. The Bertz CT molecular complexity index is 175. The molecule has 1 fully saturated rings. The minimum atomic E-state index is 0.323. The SMILES string of the molecule is CC(C)COCCN1CCC(C)C(Cl)C1. The van der Waals surface area contributed by atoms with Crippen LogP contribution in [0.4, 0.5) is 0 Å². The highest BCUT2D eigenvalue weighted by atomic mass is 35.5. The van der Waals surface area contributed by atoms with Crippen LogP contribution in [0.5, 0.6) is 0 Å². The van der Waals surface area contributed by atoms with E-state index in [9.17, 15) is 0 Å². The molecule has 2 nitrogen and oxygen atoms in total. The normalized spacial score (nSPS) is 28.6. The van der Waals surface area contributed by atoms with E-state index in [1.54, 1.807) is 0 Å². The molecule has 0 radical (unpaired) electrons. The Kier molecular flexibility index (Phi) is 5.95. The standard InChI is InChI=1S/C12H24ClNO/c1-10(2)9-15-7-6-14-5-4-11(3)12(13)8-14/h10-12H,4-9H2,1-3H3. The van der Waals surface area contributed by atoms with E-state index in [2.05, 4.69) is 25.7 Å². The Hall–Kier alpha value is 0.210. The van der Waals surface area contributed by atoms with Gasteiger partial charge in [-0.1, -0.05) is 20.8 Å². The largest absolute Gasteiger partial charge is 0.380 e. The summed E-state index contributed by atoms with van der Waals surface area (Å²) in [5.41, 5.74) is 0. The van der Waals surface area contributed by atoms with Gasteiger partial charge in [0.15, 0.2) is 0 Å². The smallest absolute Gasteiger partial charge is 0.0593 e. The maximum Gasteiger partial charge on any atom is 0.0593 e. The summed E-state index contributed by atoms with van der Waals surface area (Å²) in [6.45, 7) is 11.5. The number of hydrogen-bond acceptors (Lipinski definition) is 2. The summed E-state index contributed by atoms with van der Waals surface area (Å²) in [5, 5.41) is 0.323. The lowest BCUT2D eigenvalue weighted by Gasteiger charge is -2.33. The van der Waals surface area contributed by atoms with Gasteiger partial charge in [0, 0.05) is 25.1 Å². The molecule has 2 atom stereocenters. The van der Waals surface area contributed by atoms with Crippen molar-refractivity contribution in [3.8, 4) is 0 Å². The van der Waals surface area contributed by atoms with Gasteiger partial charge in [0.2, 0.25) is 0 Å². The topological polar surface area (TPSA) is 12.5 Å². The Morgan fingerprint density at radius 2 is 2.20 bits per heavy atom. The summed E-state index contributed by atoms with van der Waals surface area (Å²) in [6, 6.07) is 0. The lowest BCUT2D eigenvalue weighted by molar-refractivity contribution is 0.0759. The average molecular weight is 234 g/mol. The molecule has 1 rings (SSSR count). The third-order valence-electron chi connectivity index (χ3n) is 2.95. The minimum absolute atomic E-state index is 0.323. The van der Waals surface area contributed by atoms with E-state index in [0.717, 1.165) is 26.3 Å². The van der Waals surface area contributed by atoms with Gasteiger partial charge in [-0.15, -0.1) is 11.6 Å². The van der Waals surface area contributed by atoms with Crippen molar-refractivity contribution < 1.29 is 4.74 Å². The van der Waals surface area contributed by atoms with E-state index >= 15 is 0 Å². The van der Waals surface area contributed by atoms with E-state index in [-0.39, 0.29) is 0 Å². The molecule has 15 heavy (non-hydrogen) atoms. The Balaban J connectivity index is 2.07. The Morgan fingerprint density at radius 3 is 2.80 bits per heavy atom. The van der Waals surface area contributed by atoms with Crippen LogP contribution in [0.3, 0.4) is 0 Å². The molecule has 0 N–H and O–H groups in total. The molecule has 0 aliphatic carbocycles. The zero-order chi connectivity index (χ0) is 11.3. The van der Waals surface area contributed by atoms with E-state index in [4.69, 9.17) is 16.3 Å². The van der Waals surface area contributed by atoms with Crippen LogP contribution in [0.15, 0.2) is 0 Å². The molecule has 0 spiro atoms. The van der Waals surface area contributed by atoms with Crippen molar-refractivity contribution >= 4 is 11.6 Å². The quantitative estimate of drug-likeness (QED) is 0.535. The van der Waals surface area contributed by atoms with Gasteiger partial charge in [-0.3, -0.25) is 4.90 Å².